The molecular formula is C25H25N5O2. The van der Waals surface area contributed by atoms with Crippen molar-refractivity contribution >= 4 is 28.9 Å². The Morgan fingerprint density at radius 1 is 1.00 bits per heavy atom. The van der Waals surface area contributed by atoms with Crippen molar-refractivity contribution in [3.63, 3.8) is 0 Å². The van der Waals surface area contributed by atoms with E-state index in [4.69, 9.17) is 4.98 Å². The number of rotatable bonds is 4. The lowest BCUT2D eigenvalue weighted by Gasteiger charge is -2.30. The molecule has 0 spiro atoms. The smallest absolute Gasteiger partial charge is 0.312 e. The first-order valence-electron chi connectivity index (χ1n) is 10.8. The van der Waals surface area contributed by atoms with Crippen LogP contribution in [-0.2, 0) is 20.1 Å². The summed E-state index contributed by atoms with van der Waals surface area (Å²) in [5.74, 6) is 0.713. The summed E-state index contributed by atoms with van der Waals surface area (Å²) < 4.78 is 4.72. The van der Waals surface area contributed by atoms with Crippen LogP contribution in [0.25, 0.3) is 17.2 Å². The van der Waals surface area contributed by atoms with Crippen molar-refractivity contribution in [3.05, 3.63) is 92.6 Å². The number of nitrogens with zero attached hydrogens (tertiary/aromatic N) is 5. The molecule has 0 radical (unpaired) electrons. The van der Waals surface area contributed by atoms with Gasteiger partial charge in [-0.3, -0.25) is 13.9 Å². The van der Waals surface area contributed by atoms with Crippen LogP contribution in [0.4, 0.5) is 11.6 Å². The molecule has 0 N–H and O–H groups in total. The van der Waals surface area contributed by atoms with Crippen LogP contribution >= 0.6 is 0 Å². The van der Waals surface area contributed by atoms with Crippen LogP contribution in [0.2, 0.25) is 0 Å². The highest BCUT2D eigenvalue weighted by molar-refractivity contribution is 5.77. The van der Waals surface area contributed by atoms with Crippen molar-refractivity contribution < 1.29 is 0 Å². The third-order valence-electron chi connectivity index (χ3n) is 6.02. The van der Waals surface area contributed by atoms with Crippen LogP contribution in [0.15, 0.2) is 70.3 Å². The normalized spacial score (nSPS) is 13.8. The molecule has 0 saturated heterocycles. The highest BCUT2D eigenvalue weighted by atomic mass is 16.2. The van der Waals surface area contributed by atoms with Crippen LogP contribution in [0.1, 0.15) is 17.5 Å². The zero-order chi connectivity index (χ0) is 22.2. The van der Waals surface area contributed by atoms with Crippen molar-refractivity contribution in [1.29, 1.82) is 0 Å². The Morgan fingerprint density at radius 3 is 2.53 bits per heavy atom. The van der Waals surface area contributed by atoms with Crippen LogP contribution < -0.4 is 16.1 Å². The third kappa shape index (κ3) is 3.26. The zero-order valence-corrected chi connectivity index (χ0v) is 18.2. The van der Waals surface area contributed by atoms with Gasteiger partial charge in [0, 0.05) is 32.4 Å². The first-order valence-corrected chi connectivity index (χ1v) is 10.8. The van der Waals surface area contributed by atoms with Gasteiger partial charge in [-0.05, 0) is 30.5 Å². The summed E-state index contributed by atoms with van der Waals surface area (Å²) in [5, 5.41) is 0. The molecule has 0 saturated carbocycles. The maximum Gasteiger partial charge on any atom is 0.332 e. The second kappa shape index (κ2) is 8.00. The third-order valence-corrected chi connectivity index (χ3v) is 6.02. The van der Waals surface area contributed by atoms with Gasteiger partial charge >= 0.3 is 5.69 Å². The number of para-hydroxylation sites is 1. The Morgan fingerprint density at radius 2 is 1.75 bits per heavy atom. The molecule has 1 aliphatic heterocycles. The standard InChI is InChI=1S/C25H25N5O2/c1-18-10-6-7-14-20(18)28-16-9-17-29-21-22(26-24(28)29)27(2)25(32)30(23(21)31)15-8-13-19-11-4-3-5-12-19/h3-8,10-14H,9,15-17H2,1-2H3/b13-8-. The highest BCUT2D eigenvalue weighted by Gasteiger charge is 2.27. The Labute approximate surface area is 185 Å². The monoisotopic (exact) mass is 427 g/mol. The van der Waals surface area contributed by atoms with Gasteiger partial charge < -0.3 is 9.47 Å². The number of hydrogen-bond acceptors (Lipinski definition) is 4. The molecule has 0 bridgehead atoms. The van der Waals surface area contributed by atoms with Crippen LogP contribution in [-0.4, -0.2) is 25.2 Å². The molecule has 162 valence electrons. The molecule has 32 heavy (non-hydrogen) atoms. The number of fused-ring (bicyclic) bond motifs is 3. The summed E-state index contributed by atoms with van der Waals surface area (Å²) in [6, 6.07) is 18.0. The molecule has 3 heterocycles. The number of aryl methyl sites for hydroxylation is 3. The number of anilines is 2. The molecule has 2 aromatic heterocycles. The van der Waals surface area contributed by atoms with E-state index in [9.17, 15) is 9.59 Å². The molecule has 7 heteroatoms. The van der Waals surface area contributed by atoms with Crippen molar-refractivity contribution in [1.82, 2.24) is 18.7 Å². The Balaban J connectivity index is 1.62. The van der Waals surface area contributed by atoms with Gasteiger partial charge in [-0.25, -0.2) is 4.79 Å². The SMILES string of the molecule is Cc1ccccc1N1CCCn2c1nc1c2c(=O)n(C/C=C\c2ccccc2)c(=O)n1C. The lowest BCUT2D eigenvalue weighted by molar-refractivity contribution is 0.598. The van der Waals surface area contributed by atoms with E-state index >= 15 is 0 Å². The molecule has 0 aliphatic carbocycles. The summed E-state index contributed by atoms with van der Waals surface area (Å²) in [6.45, 7) is 3.79. The molecule has 0 atom stereocenters. The van der Waals surface area contributed by atoms with E-state index in [1.807, 2.05) is 59.2 Å². The molecule has 1 aliphatic rings. The lowest BCUT2D eigenvalue weighted by atomic mass is 10.1. The average Bonchev–Trinajstić information content (AvgIpc) is 3.21. The molecule has 0 unspecified atom stereocenters. The van der Waals surface area contributed by atoms with Crippen LogP contribution in [0, 0.1) is 6.92 Å². The van der Waals surface area contributed by atoms with E-state index in [0.717, 1.165) is 29.8 Å². The van der Waals surface area contributed by atoms with E-state index < -0.39 is 0 Å². The van der Waals surface area contributed by atoms with Gasteiger partial charge in [0.25, 0.3) is 5.56 Å². The fourth-order valence-electron chi connectivity index (χ4n) is 4.38. The fourth-order valence-corrected chi connectivity index (χ4v) is 4.38. The number of allylic oxidation sites excluding steroid dienone is 1. The second-order valence-corrected chi connectivity index (χ2v) is 8.10. The van der Waals surface area contributed by atoms with Crippen LogP contribution in [0.3, 0.4) is 0 Å². The van der Waals surface area contributed by atoms with Gasteiger partial charge in [0.2, 0.25) is 5.95 Å². The molecule has 2 aromatic carbocycles. The lowest BCUT2D eigenvalue weighted by Crippen LogP contribution is -2.39. The maximum atomic E-state index is 13.4. The van der Waals surface area contributed by atoms with E-state index in [1.165, 1.54) is 9.13 Å². The largest absolute Gasteiger partial charge is 0.332 e. The number of hydrogen-bond donors (Lipinski definition) is 0. The summed E-state index contributed by atoms with van der Waals surface area (Å²) in [5.41, 5.74) is 3.48. The van der Waals surface area contributed by atoms with Crippen LogP contribution in [0.5, 0.6) is 0 Å². The van der Waals surface area contributed by atoms with Gasteiger partial charge in [-0.2, -0.15) is 4.98 Å². The predicted octanol–water partition coefficient (Wildman–Crippen LogP) is 3.46. The van der Waals surface area contributed by atoms with Crippen molar-refractivity contribution in [3.8, 4) is 0 Å². The average molecular weight is 428 g/mol. The second-order valence-electron chi connectivity index (χ2n) is 8.10. The number of benzene rings is 2. The Kier molecular flexibility index (Phi) is 5.01. The summed E-state index contributed by atoms with van der Waals surface area (Å²) in [6.07, 6.45) is 4.65. The zero-order valence-electron chi connectivity index (χ0n) is 18.2. The van der Waals surface area contributed by atoms with Crippen molar-refractivity contribution in [2.75, 3.05) is 11.4 Å². The van der Waals surface area contributed by atoms with Gasteiger partial charge in [0.15, 0.2) is 11.2 Å². The van der Waals surface area contributed by atoms with Gasteiger partial charge in [-0.1, -0.05) is 60.7 Å². The fraction of sp³-hybridized carbons (Fsp3) is 0.240. The summed E-state index contributed by atoms with van der Waals surface area (Å²) >= 11 is 0. The summed E-state index contributed by atoms with van der Waals surface area (Å²) in [7, 11) is 1.68. The number of aromatic nitrogens is 4. The predicted molar refractivity (Wildman–Crippen MR) is 128 cm³/mol. The number of imidazole rings is 1. The molecule has 0 amide bonds. The quantitative estimate of drug-likeness (QED) is 0.500. The molecule has 5 rings (SSSR count). The van der Waals surface area contributed by atoms with E-state index in [2.05, 4.69) is 24.0 Å². The van der Waals surface area contributed by atoms with E-state index in [1.54, 1.807) is 7.05 Å². The highest BCUT2D eigenvalue weighted by Crippen LogP contribution is 2.32. The Bertz CT molecular complexity index is 1440. The molecular weight excluding hydrogens is 402 g/mol. The first-order chi connectivity index (χ1) is 15.6. The van der Waals surface area contributed by atoms with Gasteiger partial charge in [-0.15, -0.1) is 0 Å². The minimum atomic E-state index is -0.363. The minimum absolute atomic E-state index is 0.207. The van der Waals surface area contributed by atoms with E-state index in [0.29, 0.717) is 23.7 Å². The molecule has 0 fully saturated rings. The van der Waals surface area contributed by atoms with Crippen molar-refractivity contribution in [2.24, 2.45) is 7.05 Å². The maximum absolute atomic E-state index is 13.4. The molecule has 7 nitrogen and oxygen atoms in total. The summed E-state index contributed by atoms with van der Waals surface area (Å²) in [4.78, 5) is 33.3. The topological polar surface area (TPSA) is 65.1 Å². The molecule has 4 aromatic rings. The minimum Gasteiger partial charge on any atom is -0.312 e. The first kappa shape index (κ1) is 20.1. The van der Waals surface area contributed by atoms with Gasteiger partial charge in [0.05, 0.1) is 0 Å². The van der Waals surface area contributed by atoms with E-state index in [-0.39, 0.29) is 17.8 Å². The van der Waals surface area contributed by atoms with Crippen molar-refractivity contribution in [2.45, 2.75) is 26.4 Å². The Hall–Kier alpha value is -3.87. The van der Waals surface area contributed by atoms with Gasteiger partial charge in [0.1, 0.15) is 0 Å².